The highest BCUT2D eigenvalue weighted by Gasteiger charge is 2.24. The van der Waals surface area contributed by atoms with Crippen LogP contribution in [0.15, 0.2) is 24.3 Å². The maximum atomic E-state index is 12.5. The lowest BCUT2D eigenvalue weighted by atomic mass is 10.2. The van der Waals surface area contributed by atoms with E-state index >= 15 is 0 Å². The van der Waals surface area contributed by atoms with E-state index in [2.05, 4.69) is 0 Å². The summed E-state index contributed by atoms with van der Waals surface area (Å²) in [6, 6.07) is 7.01. The zero-order chi connectivity index (χ0) is 15.3. The molecule has 20 heavy (non-hydrogen) atoms. The third kappa shape index (κ3) is 3.98. The number of amides is 2. The van der Waals surface area contributed by atoms with Crippen LogP contribution in [0.1, 0.15) is 25.8 Å². The summed E-state index contributed by atoms with van der Waals surface area (Å²) in [5.41, 5.74) is 1.66. The number of aliphatic carboxylic acids is 1. The summed E-state index contributed by atoms with van der Waals surface area (Å²) in [6.07, 6.45) is 0.817. The first-order valence-corrected chi connectivity index (χ1v) is 6.69. The SMILES string of the molecule is CCC(C)N(C)C(=O)N(CC(=O)O)c1ccc(C)cc1. The summed E-state index contributed by atoms with van der Waals surface area (Å²) >= 11 is 0. The highest BCUT2D eigenvalue weighted by molar-refractivity contribution is 5.96. The summed E-state index contributed by atoms with van der Waals surface area (Å²) in [5.74, 6) is -1.03. The van der Waals surface area contributed by atoms with E-state index in [-0.39, 0.29) is 18.6 Å². The largest absolute Gasteiger partial charge is 0.480 e. The summed E-state index contributed by atoms with van der Waals surface area (Å²) in [5, 5.41) is 9.01. The summed E-state index contributed by atoms with van der Waals surface area (Å²) in [7, 11) is 1.69. The van der Waals surface area contributed by atoms with Gasteiger partial charge in [-0.05, 0) is 32.4 Å². The van der Waals surface area contributed by atoms with Crippen molar-refractivity contribution in [2.75, 3.05) is 18.5 Å². The number of hydrogen-bond donors (Lipinski definition) is 1. The minimum absolute atomic E-state index is 0.0595. The van der Waals surface area contributed by atoms with Crippen LogP contribution in [0.3, 0.4) is 0 Å². The molecule has 0 fully saturated rings. The minimum atomic E-state index is -1.03. The lowest BCUT2D eigenvalue weighted by Crippen LogP contribution is -2.47. The summed E-state index contributed by atoms with van der Waals surface area (Å²) < 4.78 is 0. The first-order valence-electron chi connectivity index (χ1n) is 6.69. The van der Waals surface area contributed by atoms with Gasteiger partial charge in [0.25, 0.3) is 0 Å². The number of rotatable bonds is 5. The number of benzene rings is 1. The van der Waals surface area contributed by atoms with E-state index in [1.165, 1.54) is 4.90 Å². The van der Waals surface area contributed by atoms with Gasteiger partial charge in [0, 0.05) is 18.8 Å². The van der Waals surface area contributed by atoms with Crippen LogP contribution in [0.25, 0.3) is 0 Å². The number of aryl methyl sites for hydroxylation is 1. The Kier molecular flexibility index (Phi) is 5.55. The molecule has 0 saturated carbocycles. The lowest BCUT2D eigenvalue weighted by Gasteiger charge is -2.30. The maximum absolute atomic E-state index is 12.5. The van der Waals surface area contributed by atoms with Gasteiger partial charge in [0.2, 0.25) is 0 Å². The topological polar surface area (TPSA) is 60.9 Å². The second-order valence-corrected chi connectivity index (χ2v) is 4.97. The van der Waals surface area contributed by atoms with E-state index in [0.717, 1.165) is 12.0 Å². The van der Waals surface area contributed by atoms with Crippen LogP contribution in [0, 0.1) is 6.92 Å². The molecule has 110 valence electrons. The molecule has 0 aliphatic carbocycles. The number of hydrogen-bond acceptors (Lipinski definition) is 2. The standard InChI is InChI=1S/C15H22N2O3/c1-5-12(3)16(4)15(20)17(10-14(18)19)13-8-6-11(2)7-9-13/h6-9,12H,5,10H2,1-4H3,(H,18,19). The highest BCUT2D eigenvalue weighted by atomic mass is 16.4. The third-order valence-corrected chi connectivity index (χ3v) is 3.42. The molecule has 0 saturated heterocycles. The van der Waals surface area contributed by atoms with Crippen LogP contribution in [0.5, 0.6) is 0 Å². The first kappa shape index (κ1) is 16.0. The Morgan fingerprint density at radius 1 is 1.25 bits per heavy atom. The molecule has 0 bridgehead atoms. The van der Waals surface area contributed by atoms with Crippen molar-refractivity contribution < 1.29 is 14.7 Å². The van der Waals surface area contributed by atoms with Gasteiger partial charge in [0.1, 0.15) is 6.54 Å². The number of nitrogens with zero attached hydrogens (tertiary/aromatic N) is 2. The molecule has 1 aromatic rings. The Bertz CT molecular complexity index is 471. The zero-order valence-corrected chi connectivity index (χ0v) is 12.5. The van der Waals surface area contributed by atoms with Gasteiger partial charge in [0.05, 0.1) is 0 Å². The predicted molar refractivity (Wildman–Crippen MR) is 79.1 cm³/mol. The zero-order valence-electron chi connectivity index (χ0n) is 12.5. The molecular formula is C15H22N2O3. The van der Waals surface area contributed by atoms with Crippen molar-refractivity contribution >= 4 is 17.7 Å². The van der Waals surface area contributed by atoms with E-state index in [4.69, 9.17) is 5.11 Å². The van der Waals surface area contributed by atoms with Crippen molar-refractivity contribution in [3.05, 3.63) is 29.8 Å². The molecule has 2 amide bonds. The molecule has 1 aromatic carbocycles. The number of anilines is 1. The Morgan fingerprint density at radius 2 is 1.80 bits per heavy atom. The smallest absolute Gasteiger partial charge is 0.325 e. The lowest BCUT2D eigenvalue weighted by molar-refractivity contribution is -0.135. The van der Waals surface area contributed by atoms with E-state index < -0.39 is 5.97 Å². The molecule has 0 spiro atoms. The normalized spacial score (nSPS) is 11.8. The van der Waals surface area contributed by atoms with Crippen molar-refractivity contribution in [2.45, 2.75) is 33.2 Å². The fourth-order valence-corrected chi connectivity index (χ4v) is 1.78. The van der Waals surface area contributed by atoms with Crippen molar-refractivity contribution in [3.63, 3.8) is 0 Å². The molecule has 1 N–H and O–H groups in total. The number of carbonyl (C=O) groups is 2. The molecular weight excluding hydrogens is 256 g/mol. The first-order chi connectivity index (χ1) is 9.36. The Balaban J connectivity index is 3.03. The van der Waals surface area contributed by atoms with E-state index in [1.54, 1.807) is 24.1 Å². The van der Waals surface area contributed by atoms with E-state index in [9.17, 15) is 9.59 Å². The van der Waals surface area contributed by atoms with Crippen LogP contribution in [0.2, 0.25) is 0 Å². The predicted octanol–water partition coefficient (Wildman–Crippen LogP) is 2.74. The highest BCUT2D eigenvalue weighted by Crippen LogP contribution is 2.17. The van der Waals surface area contributed by atoms with Crippen LogP contribution >= 0.6 is 0 Å². The molecule has 5 nitrogen and oxygen atoms in total. The van der Waals surface area contributed by atoms with Gasteiger partial charge in [-0.15, -0.1) is 0 Å². The number of carboxylic acid groups (broad SMARTS) is 1. The monoisotopic (exact) mass is 278 g/mol. The summed E-state index contributed by atoms with van der Waals surface area (Å²) in [4.78, 5) is 26.3. The van der Waals surface area contributed by atoms with Crippen molar-refractivity contribution in [3.8, 4) is 0 Å². The van der Waals surface area contributed by atoms with Crippen molar-refractivity contribution in [1.82, 2.24) is 4.90 Å². The number of carbonyl (C=O) groups excluding carboxylic acids is 1. The van der Waals surface area contributed by atoms with Crippen LogP contribution in [-0.4, -0.2) is 41.6 Å². The average Bonchev–Trinajstić information content (AvgIpc) is 2.43. The molecule has 0 aliphatic heterocycles. The fourth-order valence-electron chi connectivity index (χ4n) is 1.78. The van der Waals surface area contributed by atoms with Gasteiger partial charge in [0.15, 0.2) is 0 Å². The number of carboxylic acids is 1. The molecule has 0 heterocycles. The molecule has 5 heteroatoms. The van der Waals surface area contributed by atoms with Crippen LogP contribution in [0.4, 0.5) is 10.5 Å². The Hall–Kier alpha value is -2.04. The van der Waals surface area contributed by atoms with Crippen molar-refractivity contribution in [1.29, 1.82) is 0 Å². The van der Waals surface area contributed by atoms with Gasteiger partial charge in [-0.2, -0.15) is 0 Å². The Labute approximate surface area is 119 Å². The quantitative estimate of drug-likeness (QED) is 0.901. The third-order valence-electron chi connectivity index (χ3n) is 3.42. The number of urea groups is 1. The molecule has 1 unspecified atom stereocenters. The average molecular weight is 278 g/mol. The van der Waals surface area contributed by atoms with Gasteiger partial charge in [-0.25, -0.2) is 4.79 Å². The minimum Gasteiger partial charge on any atom is -0.480 e. The van der Waals surface area contributed by atoms with E-state index in [0.29, 0.717) is 5.69 Å². The second-order valence-electron chi connectivity index (χ2n) is 4.97. The molecule has 1 rings (SSSR count). The second kappa shape index (κ2) is 6.93. The van der Waals surface area contributed by atoms with Crippen LogP contribution in [-0.2, 0) is 4.79 Å². The van der Waals surface area contributed by atoms with Gasteiger partial charge in [-0.3, -0.25) is 9.69 Å². The van der Waals surface area contributed by atoms with Gasteiger partial charge in [-0.1, -0.05) is 24.6 Å². The molecule has 1 atom stereocenters. The fraction of sp³-hybridized carbons (Fsp3) is 0.467. The summed E-state index contributed by atoms with van der Waals surface area (Å²) in [6.45, 7) is 5.52. The molecule has 0 aliphatic rings. The molecule has 0 aromatic heterocycles. The maximum Gasteiger partial charge on any atom is 0.325 e. The van der Waals surface area contributed by atoms with Gasteiger partial charge < -0.3 is 10.0 Å². The Morgan fingerprint density at radius 3 is 2.25 bits per heavy atom. The molecule has 0 radical (unpaired) electrons. The van der Waals surface area contributed by atoms with E-state index in [1.807, 2.05) is 32.9 Å². The van der Waals surface area contributed by atoms with Crippen molar-refractivity contribution in [2.24, 2.45) is 0 Å². The van der Waals surface area contributed by atoms with Gasteiger partial charge >= 0.3 is 12.0 Å². The van der Waals surface area contributed by atoms with Crippen LogP contribution < -0.4 is 4.90 Å².